The first-order chi connectivity index (χ1) is 16.9. The number of hydrogen-bond acceptors (Lipinski definition) is 5. The van der Waals surface area contributed by atoms with Crippen molar-refractivity contribution in [1.82, 2.24) is 20.1 Å². The Bertz CT molecular complexity index is 1260. The summed E-state index contributed by atoms with van der Waals surface area (Å²) in [7, 11) is 1.72. The van der Waals surface area contributed by atoms with Gasteiger partial charge in [0.1, 0.15) is 0 Å². The summed E-state index contributed by atoms with van der Waals surface area (Å²) in [4.78, 5) is 25.2. The molecule has 36 heavy (non-hydrogen) atoms. The number of benzene rings is 2. The summed E-state index contributed by atoms with van der Waals surface area (Å²) in [5.41, 5.74) is 0.447. The van der Waals surface area contributed by atoms with Crippen LogP contribution in [0.3, 0.4) is 0 Å². The van der Waals surface area contributed by atoms with Gasteiger partial charge in [-0.05, 0) is 43.2 Å². The van der Waals surface area contributed by atoms with Crippen LogP contribution in [0.2, 0.25) is 5.02 Å². The molecule has 192 valence electrons. The Morgan fingerprint density at radius 2 is 1.86 bits per heavy atom. The Balaban J connectivity index is 1.68. The Morgan fingerprint density at radius 1 is 1.14 bits per heavy atom. The lowest BCUT2D eigenvalue weighted by Crippen LogP contribution is -2.33. The number of nitrogens with one attached hydrogen (secondary N) is 2. The van der Waals surface area contributed by atoms with Gasteiger partial charge in [0.05, 0.1) is 28.1 Å². The molecule has 0 aliphatic rings. The van der Waals surface area contributed by atoms with Crippen LogP contribution in [0.1, 0.15) is 47.2 Å². The Hall–Kier alpha value is -3.05. The van der Waals surface area contributed by atoms with Crippen LogP contribution in [0.25, 0.3) is 0 Å². The highest BCUT2D eigenvalue weighted by Crippen LogP contribution is 2.34. The number of thioether (sulfide) groups is 1. The minimum absolute atomic E-state index is 0.00794. The van der Waals surface area contributed by atoms with Crippen molar-refractivity contribution in [2.75, 3.05) is 11.1 Å². The molecule has 0 aliphatic carbocycles. The van der Waals surface area contributed by atoms with E-state index < -0.39 is 23.7 Å². The van der Waals surface area contributed by atoms with Gasteiger partial charge in [-0.1, -0.05) is 54.9 Å². The third-order valence-electron chi connectivity index (χ3n) is 5.28. The van der Waals surface area contributed by atoms with Gasteiger partial charge >= 0.3 is 6.18 Å². The van der Waals surface area contributed by atoms with Gasteiger partial charge in [0.2, 0.25) is 5.91 Å². The van der Waals surface area contributed by atoms with Crippen molar-refractivity contribution < 1.29 is 22.8 Å². The summed E-state index contributed by atoms with van der Waals surface area (Å²) < 4.78 is 40.6. The zero-order chi connectivity index (χ0) is 26.6. The summed E-state index contributed by atoms with van der Waals surface area (Å²) in [5, 5.41) is 14.1. The number of anilines is 1. The molecule has 0 bridgehead atoms. The minimum atomic E-state index is -4.56. The van der Waals surface area contributed by atoms with Crippen molar-refractivity contribution in [3.63, 3.8) is 0 Å². The Labute approximate surface area is 215 Å². The van der Waals surface area contributed by atoms with Gasteiger partial charge in [-0.25, -0.2) is 0 Å². The van der Waals surface area contributed by atoms with Gasteiger partial charge in [0.25, 0.3) is 5.91 Å². The maximum absolute atomic E-state index is 13.0. The number of rotatable bonds is 8. The van der Waals surface area contributed by atoms with Crippen LogP contribution in [0.4, 0.5) is 18.9 Å². The molecule has 1 heterocycles. The monoisotopic (exact) mass is 539 g/mol. The van der Waals surface area contributed by atoms with Gasteiger partial charge in [-0.3, -0.25) is 9.59 Å². The van der Waals surface area contributed by atoms with E-state index in [4.69, 9.17) is 11.6 Å². The van der Waals surface area contributed by atoms with E-state index in [2.05, 4.69) is 20.8 Å². The second kappa shape index (κ2) is 11.3. The summed E-state index contributed by atoms with van der Waals surface area (Å²) in [6.07, 6.45) is -4.56. The standard InChI is InChI=1S/C24H25ClF3N5O2S/c1-13(2)20(30-22(35)15-7-5-6-14(3)10-15)21-31-32-23(33(21)4)36-12-19(34)29-18-11-16(24(26,27)28)8-9-17(18)25/h5-11,13,20H,12H2,1-4H3,(H,29,34)(H,30,35)/t20-/m1/s1. The van der Waals surface area contributed by atoms with Gasteiger partial charge in [0, 0.05) is 12.6 Å². The largest absolute Gasteiger partial charge is 0.416 e. The Morgan fingerprint density at radius 3 is 2.50 bits per heavy atom. The first-order valence-electron chi connectivity index (χ1n) is 10.9. The smallest absolute Gasteiger partial charge is 0.342 e. The van der Waals surface area contributed by atoms with Crippen LogP contribution >= 0.6 is 23.4 Å². The van der Waals surface area contributed by atoms with Gasteiger partial charge in [-0.2, -0.15) is 13.2 Å². The molecule has 3 aromatic rings. The van der Waals surface area contributed by atoms with Crippen LogP contribution in [0.5, 0.6) is 0 Å². The second-order valence-corrected chi connectivity index (χ2v) is 9.84. The van der Waals surface area contributed by atoms with Crippen LogP contribution in [-0.2, 0) is 18.0 Å². The highest BCUT2D eigenvalue weighted by atomic mass is 35.5. The maximum Gasteiger partial charge on any atom is 0.416 e. The first-order valence-corrected chi connectivity index (χ1v) is 12.3. The highest BCUT2D eigenvalue weighted by Gasteiger charge is 2.31. The molecule has 0 aliphatic heterocycles. The molecule has 1 aromatic heterocycles. The molecular weight excluding hydrogens is 515 g/mol. The maximum atomic E-state index is 13.0. The van der Waals surface area contributed by atoms with E-state index in [1.165, 1.54) is 0 Å². The molecule has 7 nitrogen and oxygen atoms in total. The van der Waals surface area contributed by atoms with Crippen molar-refractivity contribution >= 4 is 40.9 Å². The number of nitrogens with zero attached hydrogens (tertiary/aromatic N) is 3. The number of amides is 2. The molecular formula is C24H25ClF3N5O2S. The van der Waals surface area contributed by atoms with E-state index in [0.717, 1.165) is 35.5 Å². The average molecular weight is 540 g/mol. The predicted octanol–water partition coefficient (Wildman–Crippen LogP) is 5.65. The molecule has 0 saturated carbocycles. The molecule has 2 aromatic carbocycles. The van der Waals surface area contributed by atoms with Crippen LogP contribution in [-0.4, -0.2) is 32.3 Å². The third kappa shape index (κ3) is 6.79. The molecule has 2 amide bonds. The van der Waals surface area contributed by atoms with E-state index in [-0.39, 0.29) is 28.3 Å². The van der Waals surface area contributed by atoms with Gasteiger partial charge < -0.3 is 15.2 Å². The van der Waals surface area contributed by atoms with E-state index in [9.17, 15) is 22.8 Å². The van der Waals surface area contributed by atoms with Crippen LogP contribution < -0.4 is 10.6 Å². The normalized spacial score (nSPS) is 12.5. The van der Waals surface area contributed by atoms with Crippen molar-refractivity contribution in [2.24, 2.45) is 13.0 Å². The first kappa shape index (κ1) is 27.5. The van der Waals surface area contributed by atoms with Gasteiger partial charge in [0.15, 0.2) is 11.0 Å². The molecule has 0 unspecified atom stereocenters. The van der Waals surface area contributed by atoms with Crippen LogP contribution in [0, 0.1) is 12.8 Å². The second-order valence-electron chi connectivity index (χ2n) is 8.49. The number of aryl methyl sites for hydroxylation is 1. The fourth-order valence-corrected chi connectivity index (χ4v) is 4.26. The molecule has 1 atom stereocenters. The summed E-state index contributed by atoms with van der Waals surface area (Å²) >= 11 is 7.00. The minimum Gasteiger partial charge on any atom is -0.342 e. The highest BCUT2D eigenvalue weighted by molar-refractivity contribution is 7.99. The number of carbonyl (C=O) groups excluding carboxylic acids is 2. The lowest BCUT2D eigenvalue weighted by molar-refractivity contribution is -0.137. The number of halogens is 4. The SMILES string of the molecule is Cc1cccc(C(=O)N[C@@H](c2nnc(SCC(=O)Nc3cc(C(F)(F)F)ccc3Cl)n2C)C(C)C)c1. The number of aromatic nitrogens is 3. The topological polar surface area (TPSA) is 88.9 Å². The quantitative estimate of drug-likeness (QED) is 0.361. The number of hydrogen-bond donors (Lipinski definition) is 2. The van der Waals surface area contributed by atoms with E-state index >= 15 is 0 Å². The molecule has 2 N–H and O–H groups in total. The summed E-state index contributed by atoms with van der Waals surface area (Å²) in [6.45, 7) is 5.78. The molecule has 0 saturated heterocycles. The zero-order valence-corrected chi connectivity index (χ0v) is 21.6. The number of alkyl halides is 3. The van der Waals surface area contributed by atoms with E-state index in [1.54, 1.807) is 23.7 Å². The number of carbonyl (C=O) groups is 2. The molecule has 0 fully saturated rings. The lowest BCUT2D eigenvalue weighted by atomic mass is 10.0. The zero-order valence-electron chi connectivity index (χ0n) is 20.0. The van der Waals surface area contributed by atoms with Crippen molar-refractivity contribution in [1.29, 1.82) is 0 Å². The molecule has 0 radical (unpaired) electrons. The molecule has 12 heteroatoms. The van der Waals surface area contributed by atoms with Crippen molar-refractivity contribution in [2.45, 2.75) is 38.1 Å². The predicted molar refractivity (Wildman–Crippen MR) is 133 cm³/mol. The van der Waals surface area contributed by atoms with E-state index in [1.807, 2.05) is 32.9 Å². The lowest BCUT2D eigenvalue weighted by Gasteiger charge is -2.22. The summed E-state index contributed by atoms with van der Waals surface area (Å²) in [5.74, 6) is -0.438. The third-order valence-corrected chi connectivity index (χ3v) is 6.63. The van der Waals surface area contributed by atoms with Crippen LogP contribution in [0.15, 0.2) is 47.6 Å². The molecule has 0 spiro atoms. The molecule has 3 rings (SSSR count). The van der Waals surface area contributed by atoms with E-state index in [0.29, 0.717) is 16.5 Å². The average Bonchev–Trinajstić information content (AvgIpc) is 3.16. The fraction of sp³-hybridized carbons (Fsp3) is 0.333. The van der Waals surface area contributed by atoms with Gasteiger partial charge in [-0.15, -0.1) is 10.2 Å². The Kier molecular flexibility index (Phi) is 8.67. The van der Waals surface area contributed by atoms with Crippen molar-refractivity contribution in [3.8, 4) is 0 Å². The van der Waals surface area contributed by atoms with Crippen molar-refractivity contribution in [3.05, 3.63) is 70.0 Å². The summed E-state index contributed by atoms with van der Waals surface area (Å²) in [6, 6.07) is 9.50. The fourth-order valence-electron chi connectivity index (χ4n) is 3.38.